The number of ether oxygens (including phenoxy) is 2. The molecule has 0 saturated heterocycles. The molecule has 30 heavy (non-hydrogen) atoms. The van der Waals surface area contributed by atoms with Crippen LogP contribution in [0, 0.1) is 5.82 Å². The third-order valence-electron chi connectivity index (χ3n) is 4.86. The number of benzene rings is 3. The van der Waals surface area contributed by atoms with E-state index < -0.39 is 35.5 Å². The maximum atomic E-state index is 13.1. The van der Waals surface area contributed by atoms with Gasteiger partial charge in [0.15, 0.2) is 29.1 Å². The van der Waals surface area contributed by atoms with Crippen LogP contribution >= 0.6 is 0 Å². The van der Waals surface area contributed by atoms with Gasteiger partial charge in [0.2, 0.25) is 5.75 Å². The molecule has 3 aromatic carbocycles. The van der Waals surface area contributed by atoms with Gasteiger partial charge in [0.1, 0.15) is 11.9 Å². The van der Waals surface area contributed by atoms with Crippen molar-refractivity contribution in [2.45, 2.75) is 18.6 Å². The van der Waals surface area contributed by atoms with E-state index in [4.69, 9.17) is 9.47 Å². The fraction of sp³-hybridized carbons (Fsp3) is 0.136. The zero-order chi connectivity index (χ0) is 21.4. The summed E-state index contributed by atoms with van der Waals surface area (Å²) in [7, 11) is 0. The van der Waals surface area contributed by atoms with E-state index in [-0.39, 0.29) is 29.2 Å². The molecular weight excluding hydrogens is 395 g/mol. The standard InChI is InChI=1S/C22H17FO7/c23-14-5-1-11(2-6-14)22(28)29-18-10-13-4-8-16(25)19(27)21(13)30-20(18)12-3-7-15(24)17(26)9-12/h1-9,18,20,24-27H,10H2/t18-,20?/m1/s1. The number of carbonyl (C=O) groups excluding carboxylic acids is 1. The van der Waals surface area contributed by atoms with E-state index in [0.29, 0.717) is 11.1 Å². The van der Waals surface area contributed by atoms with Crippen molar-refractivity contribution in [3.8, 4) is 28.7 Å². The highest BCUT2D eigenvalue weighted by atomic mass is 19.1. The van der Waals surface area contributed by atoms with Gasteiger partial charge < -0.3 is 29.9 Å². The van der Waals surface area contributed by atoms with E-state index in [1.807, 2.05) is 0 Å². The number of fused-ring (bicyclic) bond motifs is 1. The van der Waals surface area contributed by atoms with Gasteiger partial charge >= 0.3 is 5.97 Å². The minimum Gasteiger partial charge on any atom is -0.504 e. The molecule has 0 aliphatic carbocycles. The predicted molar refractivity (Wildman–Crippen MR) is 102 cm³/mol. The number of phenolic OH excluding ortho intramolecular Hbond substituents is 4. The molecule has 7 nitrogen and oxygen atoms in total. The number of rotatable bonds is 3. The van der Waals surface area contributed by atoms with E-state index >= 15 is 0 Å². The Bertz CT molecular complexity index is 1110. The molecule has 0 aromatic heterocycles. The molecule has 0 spiro atoms. The molecule has 0 amide bonds. The lowest BCUT2D eigenvalue weighted by Gasteiger charge is -2.34. The molecule has 0 radical (unpaired) electrons. The van der Waals surface area contributed by atoms with Crippen LogP contribution < -0.4 is 4.74 Å². The molecule has 1 aliphatic rings. The number of aromatic hydroxyl groups is 4. The van der Waals surface area contributed by atoms with Crippen LogP contribution in [0.5, 0.6) is 28.7 Å². The number of carbonyl (C=O) groups is 1. The lowest BCUT2D eigenvalue weighted by molar-refractivity contribution is -0.0192. The third kappa shape index (κ3) is 3.55. The lowest BCUT2D eigenvalue weighted by atomic mass is 9.93. The summed E-state index contributed by atoms with van der Waals surface area (Å²) in [5.41, 5.74) is 1.01. The minimum atomic E-state index is -0.957. The first-order chi connectivity index (χ1) is 14.3. The van der Waals surface area contributed by atoms with Crippen LogP contribution in [0.4, 0.5) is 4.39 Å². The van der Waals surface area contributed by atoms with Gasteiger partial charge in [0, 0.05) is 17.5 Å². The van der Waals surface area contributed by atoms with Crippen molar-refractivity contribution < 1.29 is 39.1 Å². The topological polar surface area (TPSA) is 116 Å². The summed E-state index contributed by atoms with van der Waals surface area (Å²) in [5.74, 6) is -2.73. The van der Waals surface area contributed by atoms with Crippen LogP contribution in [0.25, 0.3) is 0 Å². The Morgan fingerprint density at radius 3 is 2.33 bits per heavy atom. The second-order valence-corrected chi connectivity index (χ2v) is 6.86. The minimum absolute atomic E-state index is 0.0293. The van der Waals surface area contributed by atoms with Crippen molar-refractivity contribution in [2.24, 2.45) is 0 Å². The normalized spacial score (nSPS) is 17.6. The maximum absolute atomic E-state index is 13.1. The van der Waals surface area contributed by atoms with Gasteiger partial charge in [0.05, 0.1) is 5.56 Å². The number of phenols is 4. The molecule has 154 valence electrons. The Kier molecular flexibility index (Phi) is 4.83. The summed E-state index contributed by atoms with van der Waals surface area (Å²) in [4.78, 5) is 12.6. The van der Waals surface area contributed by atoms with Crippen molar-refractivity contribution in [3.63, 3.8) is 0 Å². The molecule has 4 N–H and O–H groups in total. The summed E-state index contributed by atoms with van der Waals surface area (Å²) in [6.07, 6.45) is -1.69. The van der Waals surface area contributed by atoms with E-state index in [0.717, 1.165) is 12.1 Å². The average molecular weight is 412 g/mol. The van der Waals surface area contributed by atoms with Gasteiger partial charge in [-0.15, -0.1) is 0 Å². The summed E-state index contributed by atoms with van der Waals surface area (Å²) < 4.78 is 24.6. The SMILES string of the molecule is O=C(O[C@@H]1Cc2ccc(O)c(O)c2OC1c1ccc(O)c(O)c1)c1ccc(F)cc1. The van der Waals surface area contributed by atoms with Crippen LogP contribution in [0.15, 0.2) is 54.6 Å². The largest absolute Gasteiger partial charge is 0.504 e. The fourth-order valence-corrected chi connectivity index (χ4v) is 3.32. The lowest BCUT2D eigenvalue weighted by Crippen LogP contribution is -2.34. The molecule has 0 bridgehead atoms. The van der Waals surface area contributed by atoms with Crippen LogP contribution in [0.2, 0.25) is 0 Å². The Hall–Kier alpha value is -3.94. The zero-order valence-electron chi connectivity index (χ0n) is 15.4. The molecule has 3 aromatic rings. The Morgan fingerprint density at radius 2 is 1.63 bits per heavy atom. The quantitative estimate of drug-likeness (QED) is 0.384. The zero-order valence-corrected chi connectivity index (χ0v) is 15.4. The second-order valence-electron chi connectivity index (χ2n) is 6.86. The first-order valence-electron chi connectivity index (χ1n) is 9.02. The molecule has 4 rings (SSSR count). The highest BCUT2D eigenvalue weighted by Crippen LogP contribution is 2.46. The summed E-state index contributed by atoms with van der Waals surface area (Å²) in [6, 6.07) is 11.7. The van der Waals surface area contributed by atoms with Crippen molar-refractivity contribution in [2.75, 3.05) is 0 Å². The van der Waals surface area contributed by atoms with E-state index in [2.05, 4.69) is 0 Å². The van der Waals surface area contributed by atoms with Gasteiger partial charge in [-0.2, -0.15) is 0 Å². The Morgan fingerprint density at radius 1 is 0.933 bits per heavy atom. The first kappa shape index (κ1) is 19.4. The van der Waals surface area contributed by atoms with Gasteiger partial charge in [-0.25, -0.2) is 9.18 Å². The van der Waals surface area contributed by atoms with Crippen LogP contribution in [0.3, 0.4) is 0 Å². The first-order valence-corrected chi connectivity index (χ1v) is 9.02. The number of halogens is 1. The van der Waals surface area contributed by atoms with Gasteiger partial charge in [-0.05, 0) is 42.5 Å². The molecule has 0 saturated carbocycles. The predicted octanol–water partition coefficient (Wildman–Crippen LogP) is 3.55. The number of hydrogen-bond acceptors (Lipinski definition) is 7. The van der Waals surface area contributed by atoms with E-state index in [1.165, 1.54) is 42.5 Å². The number of esters is 1. The molecular formula is C22H17FO7. The van der Waals surface area contributed by atoms with Gasteiger partial charge in [0.25, 0.3) is 0 Å². The summed E-state index contributed by atoms with van der Waals surface area (Å²) in [5, 5.41) is 39.4. The van der Waals surface area contributed by atoms with E-state index in [1.54, 1.807) is 0 Å². The van der Waals surface area contributed by atoms with Crippen molar-refractivity contribution in [1.82, 2.24) is 0 Å². The Balaban J connectivity index is 1.70. The van der Waals surface area contributed by atoms with Gasteiger partial charge in [-0.1, -0.05) is 12.1 Å². The van der Waals surface area contributed by atoms with Gasteiger partial charge in [-0.3, -0.25) is 0 Å². The molecule has 2 atom stereocenters. The monoisotopic (exact) mass is 412 g/mol. The Labute approximate surface area is 170 Å². The fourth-order valence-electron chi connectivity index (χ4n) is 3.32. The highest BCUT2D eigenvalue weighted by molar-refractivity contribution is 5.89. The van der Waals surface area contributed by atoms with Crippen molar-refractivity contribution in [3.05, 3.63) is 77.1 Å². The second kappa shape index (κ2) is 7.47. The van der Waals surface area contributed by atoms with Crippen LogP contribution in [-0.4, -0.2) is 32.5 Å². The van der Waals surface area contributed by atoms with Crippen LogP contribution in [-0.2, 0) is 11.2 Å². The van der Waals surface area contributed by atoms with E-state index in [9.17, 15) is 29.6 Å². The molecule has 1 unspecified atom stereocenters. The summed E-state index contributed by atoms with van der Waals surface area (Å²) in [6.45, 7) is 0. The third-order valence-corrected chi connectivity index (χ3v) is 4.86. The molecule has 8 heteroatoms. The number of hydrogen-bond donors (Lipinski definition) is 4. The van der Waals surface area contributed by atoms with Crippen molar-refractivity contribution >= 4 is 5.97 Å². The molecule has 1 heterocycles. The van der Waals surface area contributed by atoms with Crippen LogP contribution in [0.1, 0.15) is 27.6 Å². The highest BCUT2D eigenvalue weighted by Gasteiger charge is 2.37. The maximum Gasteiger partial charge on any atom is 0.338 e. The molecule has 0 fully saturated rings. The van der Waals surface area contributed by atoms with Crippen molar-refractivity contribution in [1.29, 1.82) is 0 Å². The summed E-state index contributed by atoms with van der Waals surface area (Å²) >= 11 is 0. The smallest absolute Gasteiger partial charge is 0.338 e. The average Bonchev–Trinajstić information content (AvgIpc) is 2.73. The molecule has 1 aliphatic heterocycles.